The molecule has 2 aliphatic heterocycles. The number of anilines is 2. The number of hydrogen-bond acceptors (Lipinski definition) is 8. The SMILES string of the molecule is CCN(C)c1nc(NC2COC2)cc(C(=O)NC[C@H](O)CN2CCc3ccccc3C2)n1. The molecule has 2 aliphatic rings. The van der Waals surface area contributed by atoms with Crippen molar-refractivity contribution in [2.75, 3.05) is 56.7 Å². The first-order valence-corrected chi connectivity index (χ1v) is 11.2. The molecule has 0 saturated carbocycles. The number of carbonyl (C=O) groups excluding carboxylic acids is 1. The van der Waals surface area contributed by atoms with Crippen LogP contribution >= 0.6 is 0 Å². The van der Waals surface area contributed by atoms with Crippen LogP contribution in [0.3, 0.4) is 0 Å². The van der Waals surface area contributed by atoms with Gasteiger partial charge in [0.1, 0.15) is 11.5 Å². The summed E-state index contributed by atoms with van der Waals surface area (Å²) in [6.07, 6.45) is 0.319. The Bertz CT molecular complexity index is 936. The van der Waals surface area contributed by atoms with Crippen LogP contribution in [-0.4, -0.2) is 84.5 Å². The lowest BCUT2D eigenvalue weighted by Crippen LogP contribution is -2.42. The molecule has 1 fully saturated rings. The molecule has 0 unspecified atom stereocenters. The number of ether oxygens (including phenoxy) is 1. The minimum atomic E-state index is -0.659. The van der Waals surface area contributed by atoms with Gasteiger partial charge in [0.25, 0.3) is 5.91 Å². The second kappa shape index (κ2) is 10.2. The maximum atomic E-state index is 12.8. The zero-order chi connectivity index (χ0) is 22.5. The molecular weight excluding hydrogens is 408 g/mol. The van der Waals surface area contributed by atoms with Gasteiger partial charge in [-0.3, -0.25) is 9.69 Å². The number of nitrogens with one attached hydrogen (secondary N) is 2. The molecule has 0 spiro atoms. The first-order valence-electron chi connectivity index (χ1n) is 11.2. The molecular formula is C23H32N6O3. The van der Waals surface area contributed by atoms with Gasteiger partial charge in [0.2, 0.25) is 5.95 Å². The van der Waals surface area contributed by atoms with Crippen LogP contribution < -0.4 is 15.5 Å². The zero-order valence-electron chi connectivity index (χ0n) is 18.8. The summed E-state index contributed by atoms with van der Waals surface area (Å²) in [5, 5.41) is 16.6. The number of β-amino-alcohol motifs (C(OH)–C–C–N with tert-alkyl or cyclic N) is 1. The van der Waals surface area contributed by atoms with Crippen LogP contribution in [0.15, 0.2) is 30.3 Å². The molecule has 3 heterocycles. The van der Waals surface area contributed by atoms with Gasteiger partial charge >= 0.3 is 0 Å². The molecule has 1 saturated heterocycles. The van der Waals surface area contributed by atoms with Crippen molar-refractivity contribution in [3.05, 3.63) is 47.2 Å². The minimum Gasteiger partial charge on any atom is -0.390 e. The lowest BCUT2D eigenvalue weighted by molar-refractivity contribution is 0.0209. The van der Waals surface area contributed by atoms with Crippen molar-refractivity contribution in [1.29, 1.82) is 0 Å². The van der Waals surface area contributed by atoms with Crippen molar-refractivity contribution < 1.29 is 14.6 Å². The van der Waals surface area contributed by atoms with E-state index in [1.54, 1.807) is 6.07 Å². The Balaban J connectivity index is 1.34. The van der Waals surface area contributed by atoms with Crippen LogP contribution in [0, 0.1) is 0 Å². The van der Waals surface area contributed by atoms with Gasteiger partial charge in [-0.05, 0) is 24.5 Å². The highest BCUT2D eigenvalue weighted by Crippen LogP contribution is 2.19. The van der Waals surface area contributed by atoms with E-state index in [-0.39, 0.29) is 24.2 Å². The van der Waals surface area contributed by atoms with E-state index in [4.69, 9.17) is 4.74 Å². The Morgan fingerprint density at radius 3 is 2.81 bits per heavy atom. The molecule has 0 bridgehead atoms. The molecule has 3 N–H and O–H groups in total. The number of benzene rings is 1. The van der Waals surface area contributed by atoms with Crippen molar-refractivity contribution in [3.63, 3.8) is 0 Å². The number of nitrogens with zero attached hydrogens (tertiary/aromatic N) is 4. The van der Waals surface area contributed by atoms with Crippen LogP contribution in [0.1, 0.15) is 28.5 Å². The van der Waals surface area contributed by atoms with Gasteiger partial charge in [-0.15, -0.1) is 0 Å². The summed E-state index contributed by atoms with van der Waals surface area (Å²) in [6, 6.07) is 10.3. The molecule has 4 rings (SSSR count). The van der Waals surface area contributed by atoms with Gasteiger partial charge in [0.15, 0.2) is 0 Å². The van der Waals surface area contributed by atoms with Crippen LogP contribution in [0.4, 0.5) is 11.8 Å². The highest BCUT2D eigenvalue weighted by Gasteiger charge is 2.22. The number of carbonyl (C=O) groups is 1. The van der Waals surface area contributed by atoms with Crippen molar-refractivity contribution in [3.8, 4) is 0 Å². The monoisotopic (exact) mass is 440 g/mol. The average molecular weight is 441 g/mol. The number of hydrogen-bond donors (Lipinski definition) is 3. The van der Waals surface area contributed by atoms with Gasteiger partial charge in [-0.1, -0.05) is 24.3 Å². The summed E-state index contributed by atoms with van der Waals surface area (Å²) in [7, 11) is 1.88. The summed E-state index contributed by atoms with van der Waals surface area (Å²) in [6.45, 7) is 6.36. The summed E-state index contributed by atoms with van der Waals surface area (Å²) < 4.78 is 5.20. The molecule has 0 radical (unpaired) electrons. The molecule has 1 amide bonds. The Kier molecular flexibility index (Phi) is 7.19. The Labute approximate surface area is 188 Å². The second-order valence-electron chi connectivity index (χ2n) is 8.45. The van der Waals surface area contributed by atoms with Crippen molar-refractivity contribution in [1.82, 2.24) is 20.2 Å². The van der Waals surface area contributed by atoms with E-state index in [0.717, 1.165) is 19.5 Å². The van der Waals surface area contributed by atoms with Crippen LogP contribution in [0.5, 0.6) is 0 Å². The van der Waals surface area contributed by atoms with E-state index in [2.05, 4.69) is 43.7 Å². The van der Waals surface area contributed by atoms with E-state index in [0.29, 0.717) is 38.1 Å². The van der Waals surface area contributed by atoms with Gasteiger partial charge < -0.3 is 25.4 Å². The van der Waals surface area contributed by atoms with E-state index in [1.807, 2.05) is 24.9 Å². The fourth-order valence-corrected chi connectivity index (χ4v) is 3.84. The van der Waals surface area contributed by atoms with Gasteiger partial charge in [0.05, 0.1) is 25.4 Å². The van der Waals surface area contributed by atoms with Crippen LogP contribution in [0.25, 0.3) is 0 Å². The smallest absolute Gasteiger partial charge is 0.270 e. The molecule has 1 aromatic heterocycles. The standard InChI is InChI=1S/C23H32N6O3/c1-3-28(2)23-26-20(10-21(27-23)25-18-14-32-15-18)22(31)24-11-19(30)13-29-9-8-16-6-4-5-7-17(16)12-29/h4-7,10,18-19,30H,3,8-9,11-15H2,1-2H3,(H,24,31)(H,25,26,27)/t19-/m0/s1. The Morgan fingerprint density at radius 1 is 1.31 bits per heavy atom. The molecule has 172 valence electrons. The third-order valence-corrected chi connectivity index (χ3v) is 5.93. The number of aliphatic hydroxyl groups is 1. The second-order valence-corrected chi connectivity index (χ2v) is 8.45. The Hall–Kier alpha value is -2.75. The largest absolute Gasteiger partial charge is 0.390 e. The molecule has 32 heavy (non-hydrogen) atoms. The fraction of sp³-hybridized carbons (Fsp3) is 0.522. The third-order valence-electron chi connectivity index (χ3n) is 5.93. The van der Waals surface area contributed by atoms with Crippen molar-refractivity contribution in [2.24, 2.45) is 0 Å². The van der Waals surface area contributed by atoms with E-state index in [1.165, 1.54) is 11.1 Å². The van der Waals surface area contributed by atoms with Crippen molar-refractivity contribution in [2.45, 2.75) is 32.0 Å². The normalized spacial score (nSPS) is 17.2. The van der Waals surface area contributed by atoms with Gasteiger partial charge in [0, 0.05) is 45.8 Å². The summed E-state index contributed by atoms with van der Waals surface area (Å²) in [4.78, 5) is 25.8. The summed E-state index contributed by atoms with van der Waals surface area (Å²) in [5.41, 5.74) is 2.96. The zero-order valence-corrected chi connectivity index (χ0v) is 18.8. The maximum Gasteiger partial charge on any atom is 0.270 e. The van der Waals surface area contributed by atoms with Gasteiger partial charge in [-0.25, -0.2) is 4.98 Å². The van der Waals surface area contributed by atoms with Crippen LogP contribution in [-0.2, 0) is 17.7 Å². The predicted molar refractivity (Wildman–Crippen MR) is 123 cm³/mol. The lowest BCUT2D eigenvalue weighted by Gasteiger charge is -2.30. The summed E-state index contributed by atoms with van der Waals surface area (Å²) in [5.74, 6) is 0.755. The van der Waals surface area contributed by atoms with Gasteiger partial charge in [-0.2, -0.15) is 4.98 Å². The van der Waals surface area contributed by atoms with Crippen LogP contribution in [0.2, 0.25) is 0 Å². The highest BCUT2D eigenvalue weighted by molar-refractivity contribution is 5.93. The topological polar surface area (TPSA) is 103 Å². The summed E-state index contributed by atoms with van der Waals surface area (Å²) >= 11 is 0. The number of fused-ring (bicyclic) bond motifs is 1. The van der Waals surface area contributed by atoms with E-state index < -0.39 is 6.10 Å². The fourth-order valence-electron chi connectivity index (χ4n) is 3.84. The van der Waals surface area contributed by atoms with E-state index >= 15 is 0 Å². The molecule has 0 aliphatic carbocycles. The van der Waals surface area contributed by atoms with E-state index in [9.17, 15) is 9.90 Å². The first-order chi connectivity index (χ1) is 15.5. The Morgan fingerprint density at radius 2 is 2.09 bits per heavy atom. The quantitative estimate of drug-likeness (QED) is 0.528. The number of aromatic nitrogens is 2. The number of amides is 1. The average Bonchev–Trinajstić information content (AvgIpc) is 2.79. The molecule has 1 atom stereocenters. The number of rotatable bonds is 9. The highest BCUT2D eigenvalue weighted by atomic mass is 16.5. The lowest BCUT2D eigenvalue weighted by atomic mass is 10.00. The predicted octanol–water partition coefficient (Wildman–Crippen LogP) is 0.892. The molecule has 1 aromatic carbocycles. The van der Waals surface area contributed by atoms with Crippen molar-refractivity contribution >= 4 is 17.7 Å². The third kappa shape index (κ3) is 5.53. The molecule has 9 heteroatoms. The molecule has 2 aromatic rings. The minimum absolute atomic E-state index is 0.166. The molecule has 9 nitrogen and oxygen atoms in total. The maximum absolute atomic E-state index is 12.8. The number of aliphatic hydroxyl groups excluding tert-OH is 1. The first kappa shape index (κ1) is 22.4.